The van der Waals surface area contributed by atoms with Crippen LogP contribution in [-0.4, -0.2) is 56.0 Å². The van der Waals surface area contributed by atoms with Crippen molar-refractivity contribution in [2.24, 2.45) is 13.0 Å². The fourth-order valence-electron chi connectivity index (χ4n) is 5.54. The number of halogens is 7. The molecule has 0 spiro atoms. The second-order valence-electron chi connectivity index (χ2n) is 9.95. The monoisotopic (exact) mass is 546 g/mol. The van der Waals surface area contributed by atoms with Crippen LogP contribution in [0.4, 0.5) is 32.2 Å². The average Bonchev–Trinajstić information content (AvgIpc) is 3.05. The number of imidazole rings is 1. The van der Waals surface area contributed by atoms with Crippen LogP contribution in [-0.2, 0) is 13.2 Å². The quantitative estimate of drug-likeness (QED) is 0.307. The summed E-state index contributed by atoms with van der Waals surface area (Å²) in [5.74, 6) is -3.46. The van der Waals surface area contributed by atoms with Gasteiger partial charge in [-0.15, -0.1) is 0 Å². The third kappa shape index (κ3) is 4.73. The molecule has 0 N–H and O–H groups in total. The van der Waals surface area contributed by atoms with E-state index in [1.54, 1.807) is 4.57 Å². The van der Waals surface area contributed by atoms with E-state index in [9.17, 15) is 26.3 Å². The van der Waals surface area contributed by atoms with Gasteiger partial charge in [0.05, 0.1) is 5.56 Å². The largest absolute Gasteiger partial charge is 0.419 e. The highest BCUT2D eigenvalue weighted by Crippen LogP contribution is 2.51. The summed E-state index contributed by atoms with van der Waals surface area (Å²) in [7, 11) is 1.82. The predicted molar refractivity (Wildman–Crippen MR) is 126 cm³/mol. The summed E-state index contributed by atoms with van der Waals surface area (Å²) in [5.41, 5.74) is 0.0588. The summed E-state index contributed by atoms with van der Waals surface area (Å²) in [6, 6.07) is 1.91. The van der Waals surface area contributed by atoms with Gasteiger partial charge in [0.2, 0.25) is 11.2 Å². The van der Waals surface area contributed by atoms with Crippen LogP contribution >= 0.6 is 11.6 Å². The fraction of sp³-hybridized carbons (Fsp3) is 0.542. The molecule has 13 heteroatoms. The molecule has 0 bridgehead atoms. The molecular formula is C24H25ClF6N6. The Hall–Kier alpha value is -2.60. The van der Waals surface area contributed by atoms with Crippen molar-refractivity contribution in [3.63, 3.8) is 0 Å². The Morgan fingerprint density at radius 1 is 1.11 bits per heavy atom. The zero-order valence-corrected chi connectivity index (χ0v) is 21.1. The van der Waals surface area contributed by atoms with Gasteiger partial charge < -0.3 is 9.47 Å². The van der Waals surface area contributed by atoms with Crippen molar-refractivity contribution in [1.82, 2.24) is 24.4 Å². The van der Waals surface area contributed by atoms with E-state index in [0.29, 0.717) is 42.7 Å². The van der Waals surface area contributed by atoms with Crippen LogP contribution in [0.25, 0.3) is 11.2 Å². The zero-order valence-electron chi connectivity index (χ0n) is 20.3. The summed E-state index contributed by atoms with van der Waals surface area (Å²) < 4.78 is 83.3. The van der Waals surface area contributed by atoms with E-state index in [-0.39, 0.29) is 16.9 Å². The lowest BCUT2D eigenvalue weighted by atomic mass is 9.73. The minimum Gasteiger partial charge on any atom is -0.349 e. The van der Waals surface area contributed by atoms with Gasteiger partial charge >= 0.3 is 6.18 Å². The van der Waals surface area contributed by atoms with Crippen LogP contribution in [0.3, 0.4) is 0 Å². The number of alkyl halides is 5. The third-order valence-corrected chi connectivity index (χ3v) is 7.60. The summed E-state index contributed by atoms with van der Waals surface area (Å²) in [6.07, 6.45) is -5.63. The fourth-order valence-corrected chi connectivity index (χ4v) is 5.70. The summed E-state index contributed by atoms with van der Waals surface area (Å²) in [5, 5.41) is 0.0648. The van der Waals surface area contributed by atoms with Crippen molar-refractivity contribution in [2.75, 3.05) is 24.5 Å². The van der Waals surface area contributed by atoms with Gasteiger partial charge in [-0.2, -0.15) is 23.1 Å². The first-order valence-corrected chi connectivity index (χ1v) is 12.2. The predicted octanol–water partition coefficient (Wildman–Crippen LogP) is 5.78. The second kappa shape index (κ2) is 9.00. The van der Waals surface area contributed by atoms with Gasteiger partial charge in [0.15, 0.2) is 17.0 Å². The van der Waals surface area contributed by atoms with E-state index >= 15 is 0 Å². The highest BCUT2D eigenvalue weighted by molar-refractivity contribution is 6.28. The van der Waals surface area contributed by atoms with Gasteiger partial charge in [0.1, 0.15) is 11.6 Å². The molecule has 37 heavy (non-hydrogen) atoms. The Balaban J connectivity index is 1.45. The zero-order chi connectivity index (χ0) is 26.9. The van der Waals surface area contributed by atoms with Gasteiger partial charge in [-0.25, -0.2) is 18.2 Å². The first-order chi connectivity index (χ1) is 17.2. The molecule has 3 heterocycles. The van der Waals surface area contributed by atoms with Crippen molar-refractivity contribution in [3.8, 4) is 0 Å². The minimum absolute atomic E-state index is 0.0648. The molecular weight excluding hydrogens is 522 g/mol. The van der Waals surface area contributed by atoms with Crippen LogP contribution in [0.2, 0.25) is 5.28 Å². The Morgan fingerprint density at radius 2 is 1.81 bits per heavy atom. The smallest absolute Gasteiger partial charge is 0.349 e. The molecule has 1 aliphatic carbocycles. The highest BCUT2D eigenvalue weighted by atomic mass is 35.5. The molecule has 1 saturated carbocycles. The minimum atomic E-state index is -4.84. The van der Waals surface area contributed by atoms with Gasteiger partial charge in [-0.05, 0) is 49.1 Å². The molecule has 2 aromatic heterocycles. The van der Waals surface area contributed by atoms with E-state index in [1.165, 1.54) is 6.07 Å². The van der Waals surface area contributed by atoms with E-state index in [1.807, 2.05) is 30.7 Å². The molecule has 2 fully saturated rings. The maximum absolute atomic E-state index is 14.5. The number of aryl methyl sites for hydroxylation is 2. The molecule has 6 nitrogen and oxygen atoms in total. The number of piperazine rings is 1. The van der Waals surface area contributed by atoms with E-state index in [2.05, 4.69) is 15.0 Å². The van der Waals surface area contributed by atoms with Crippen LogP contribution < -0.4 is 4.90 Å². The summed E-state index contributed by atoms with van der Waals surface area (Å²) in [4.78, 5) is 17.2. The van der Waals surface area contributed by atoms with Crippen molar-refractivity contribution >= 4 is 28.6 Å². The van der Waals surface area contributed by atoms with E-state index < -0.39 is 48.3 Å². The lowest BCUT2D eigenvalue weighted by Crippen LogP contribution is -2.56. The Morgan fingerprint density at radius 3 is 2.41 bits per heavy atom. The summed E-state index contributed by atoms with van der Waals surface area (Å²) in [6.45, 7) is 4.99. The van der Waals surface area contributed by atoms with Gasteiger partial charge in [-0.3, -0.25) is 4.90 Å². The number of nitrogens with zero attached hydrogens (tertiary/aromatic N) is 6. The average molecular weight is 547 g/mol. The number of benzene rings is 1. The summed E-state index contributed by atoms with van der Waals surface area (Å²) >= 11 is 6.20. The Bertz CT molecular complexity index is 1330. The number of hydrogen-bond acceptors (Lipinski definition) is 5. The Labute approximate surface area is 214 Å². The number of hydrogen-bond donors (Lipinski definition) is 0. The maximum Gasteiger partial charge on any atom is 0.419 e. The number of aromatic nitrogens is 4. The van der Waals surface area contributed by atoms with Crippen LogP contribution in [0.5, 0.6) is 0 Å². The second-order valence-corrected chi connectivity index (χ2v) is 10.3. The lowest BCUT2D eigenvalue weighted by molar-refractivity contribution is -0.140. The number of rotatable bonds is 4. The molecule has 0 amide bonds. The van der Waals surface area contributed by atoms with Crippen molar-refractivity contribution in [2.45, 2.75) is 50.9 Å². The van der Waals surface area contributed by atoms with Crippen molar-refractivity contribution < 1.29 is 26.3 Å². The molecule has 2 atom stereocenters. The first kappa shape index (κ1) is 26.0. The molecule has 3 aromatic rings. The van der Waals surface area contributed by atoms with Crippen LogP contribution in [0, 0.1) is 18.7 Å². The van der Waals surface area contributed by atoms with Gasteiger partial charge in [0.25, 0.3) is 0 Å². The molecule has 0 radical (unpaired) electrons. The topological polar surface area (TPSA) is 50.1 Å². The lowest BCUT2D eigenvalue weighted by Gasteiger charge is -2.49. The van der Waals surface area contributed by atoms with E-state index in [0.717, 1.165) is 11.9 Å². The molecule has 2 unspecified atom stereocenters. The number of fused-ring (bicyclic) bond motifs is 1. The highest BCUT2D eigenvalue weighted by Gasteiger charge is 2.51. The van der Waals surface area contributed by atoms with E-state index in [4.69, 9.17) is 11.6 Å². The molecule has 1 saturated heterocycles. The maximum atomic E-state index is 14.5. The van der Waals surface area contributed by atoms with Crippen molar-refractivity contribution in [3.05, 3.63) is 46.3 Å². The molecule has 2 aliphatic rings. The first-order valence-electron chi connectivity index (χ1n) is 11.9. The third-order valence-electron chi connectivity index (χ3n) is 7.43. The SMILES string of the molecule is Cc1nc2c(N3CCN(C(c4ccc(C(F)(F)F)c(F)c4)C4CC(F)(F)C4)CC3C)nc(Cl)nc2n1C. The van der Waals surface area contributed by atoms with Gasteiger partial charge in [-0.1, -0.05) is 6.07 Å². The molecule has 200 valence electrons. The van der Waals surface area contributed by atoms with Crippen LogP contribution in [0.1, 0.15) is 42.8 Å². The molecule has 5 rings (SSSR count). The van der Waals surface area contributed by atoms with Crippen LogP contribution in [0.15, 0.2) is 18.2 Å². The standard InChI is InChI=1S/C24H25ClF6N6/c1-12-11-36(6-7-37(12)21-18-20(33-22(25)34-21)35(3)13(2)32-18)19(15-9-23(27,28)10-15)14-4-5-16(17(26)8-14)24(29,30)31/h4-5,8,12,15,19H,6-7,9-11H2,1-3H3. The molecule has 1 aliphatic heterocycles. The van der Waals surface area contributed by atoms with Crippen molar-refractivity contribution in [1.29, 1.82) is 0 Å². The molecule has 1 aromatic carbocycles. The Kier molecular flexibility index (Phi) is 6.33. The normalized spacial score (nSPS) is 21.9. The van der Waals surface area contributed by atoms with Gasteiger partial charge in [0, 0.05) is 51.6 Å². The number of anilines is 1.